The first-order valence-electron chi connectivity index (χ1n) is 7.68. The van der Waals surface area contributed by atoms with Crippen LogP contribution in [0.5, 0.6) is 0 Å². The first-order valence-corrected chi connectivity index (χ1v) is 7.68. The highest BCUT2D eigenvalue weighted by atomic mass is 16.2. The zero-order valence-corrected chi connectivity index (χ0v) is 13.0. The fraction of sp³-hybridized carbons (Fsp3) is 0.278. The van der Waals surface area contributed by atoms with E-state index in [4.69, 9.17) is 0 Å². The standard InChI is InChI=1S/C18H19N3O2/c1-13-5-2-3-7-16(13)21-12-15(9-17(21)22)18(23)20-11-14-6-4-8-19-10-14/h2-8,10,15H,9,11-12H2,1H3,(H,20,23). The van der Waals surface area contributed by atoms with Crippen LogP contribution in [0.25, 0.3) is 0 Å². The predicted molar refractivity (Wildman–Crippen MR) is 87.7 cm³/mol. The summed E-state index contributed by atoms with van der Waals surface area (Å²) in [6.45, 7) is 2.84. The van der Waals surface area contributed by atoms with Crippen molar-refractivity contribution in [3.8, 4) is 0 Å². The molecular weight excluding hydrogens is 290 g/mol. The first kappa shape index (κ1) is 15.2. The number of anilines is 1. The van der Waals surface area contributed by atoms with Crippen LogP contribution >= 0.6 is 0 Å². The summed E-state index contributed by atoms with van der Waals surface area (Å²) in [5, 5.41) is 2.89. The molecule has 1 N–H and O–H groups in total. The fourth-order valence-electron chi connectivity index (χ4n) is 2.82. The Morgan fingerprint density at radius 2 is 2.13 bits per heavy atom. The van der Waals surface area contributed by atoms with Gasteiger partial charge in [0, 0.05) is 37.6 Å². The second-order valence-corrected chi connectivity index (χ2v) is 5.77. The van der Waals surface area contributed by atoms with Gasteiger partial charge in [0.25, 0.3) is 0 Å². The van der Waals surface area contributed by atoms with E-state index in [2.05, 4.69) is 10.3 Å². The number of hydrogen-bond donors (Lipinski definition) is 1. The molecule has 118 valence electrons. The molecule has 1 fully saturated rings. The van der Waals surface area contributed by atoms with Crippen LogP contribution in [-0.4, -0.2) is 23.3 Å². The van der Waals surface area contributed by atoms with Gasteiger partial charge in [-0.1, -0.05) is 24.3 Å². The van der Waals surface area contributed by atoms with Gasteiger partial charge in [-0.2, -0.15) is 0 Å². The minimum absolute atomic E-state index is 0.000766. The highest BCUT2D eigenvalue weighted by molar-refractivity contribution is 6.00. The van der Waals surface area contributed by atoms with Gasteiger partial charge in [-0.15, -0.1) is 0 Å². The fourth-order valence-corrected chi connectivity index (χ4v) is 2.82. The molecule has 2 aromatic rings. The summed E-state index contributed by atoms with van der Waals surface area (Å²) < 4.78 is 0. The first-order chi connectivity index (χ1) is 11.1. The molecule has 5 nitrogen and oxygen atoms in total. The van der Waals surface area contributed by atoms with Crippen molar-refractivity contribution in [2.75, 3.05) is 11.4 Å². The molecule has 23 heavy (non-hydrogen) atoms. The van der Waals surface area contributed by atoms with Crippen LogP contribution in [-0.2, 0) is 16.1 Å². The van der Waals surface area contributed by atoms with E-state index in [1.165, 1.54) is 0 Å². The maximum absolute atomic E-state index is 12.3. The molecule has 2 amide bonds. The average molecular weight is 309 g/mol. The minimum atomic E-state index is -0.307. The smallest absolute Gasteiger partial charge is 0.227 e. The Hall–Kier alpha value is -2.69. The van der Waals surface area contributed by atoms with Gasteiger partial charge < -0.3 is 10.2 Å². The number of carbonyl (C=O) groups is 2. The van der Waals surface area contributed by atoms with E-state index in [1.54, 1.807) is 17.3 Å². The molecule has 3 rings (SSSR count). The van der Waals surface area contributed by atoms with Crippen molar-refractivity contribution in [3.05, 3.63) is 59.9 Å². The molecule has 0 bridgehead atoms. The number of carbonyl (C=O) groups excluding carboxylic acids is 2. The van der Waals surface area contributed by atoms with E-state index in [0.29, 0.717) is 13.1 Å². The third-order valence-corrected chi connectivity index (χ3v) is 4.09. The number of nitrogens with one attached hydrogen (secondary N) is 1. The van der Waals surface area contributed by atoms with Crippen LogP contribution in [0.1, 0.15) is 17.5 Å². The number of amides is 2. The SMILES string of the molecule is Cc1ccccc1N1CC(C(=O)NCc2cccnc2)CC1=O. The van der Waals surface area contributed by atoms with Gasteiger partial charge in [-0.3, -0.25) is 14.6 Å². The summed E-state index contributed by atoms with van der Waals surface area (Å²) in [7, 11) is 0. The molecule has 5 heteroatoms. The second kappa shape index (κ2) is 6.60. The Kier molecular flexibility index (Phi) is 4.37. The van der Waals surface area contributed by atoms with Crippen LogP contribution in [0.2, 0.25) is 0 Å². The molecule has 1 aromatic carbocycles. The molecule has 1 aliphatic heterocycles. The molecule has 0 aliphatic carbocycles. The minimum Gasteiger partial charge on any atom is -0.352 e. The van der Waals surface area contributed by atoms with Crippen molar-refractivity contribution < 1.29 is 9.59 Å². The lowest BCUT2D eigenvalue weighted by molar-refractivity contribution is -0.126. The van der Waals surface area contributed by atoms with Crippen LogP contribution < -0.4 is 10.2 Å². The lowest BCUT2D eigenvalue weighted by atomic mass is 10.1. The van der Waals surface area contributed by atoms with Crippen LogP contribution in [0.3, 0.4) is 0 Å². The summed E-state index contributed by atoms with van der Waals surface area (Å²) in [6, 6.07) is 11.5. The lowest BCUT2D eigenvalue weighted by Gasteiger charge is -2.19. The Morgan fingerprint density at radius 3 is 2.87 bits per heavy atom. The second-order valence-electron chi connectivity index (χ2n) is 5.77. The monoisotopic (exact) mass is 309 g/mol. The normalized spacial score (nSPS) is 17.3. The quantitative estimate of drug-likeness (QED) is 0.940. The highest BCUT2D eigenvalue weighted by Gasteiger charge is 2.35. The number of aryl methyl sites for hydroxylation is 1. The van der Waals surface area contributed by atoms with Gasteiger partial charge >= 0.3 is 0 Å². The van der Waals surface area contributed by atoms with Crippen molar-refractivity contribution in [2.24, 2.45) is 5.92 Å². The van der Waals surface area contributed by atoms with Gasteiger partial charge in [0.1, 0.15) is 0 Å². The molecule has 1 unspecified atom stereocenters. The Morgan fingerprint density at radius 1 is 1.30 bits per heavy atom. The Labute approximate surface area is 135 Å². The van der Waals surface area contributed by atoms with Crippen molar-refractivity contribution in [3.63, 3.8) is 0 Å². The van der Waals surface area contributed by atoms with E-state index < -0.39 is 0 Å². The summed E-state index contributed by atoms with van der Waals surface area (Å²) in [6.07, 6.45) is 3.67. The van der Waals surface area contributed by atoms with Crippen molar-refractivity contribution >= 4 is 17.5 Å². The van der Waals surface area contributed by atoms with E-state index in [0.717, 1.165) is 16.8 Å². The van der Waals surface area contributed by atoms with E-state index >= 15 is 0 Å². The Bertz CT molecular complexity index is 715. The third-order valence-electron chi connectivity index (χ3n) is 4.09. The van der Waals surface area contributed by atoms with E-state index in [-0.39, 0.29) is 24.2 Å². The average Bonchev–Trinajstić information content (AvgIpc) is 2.96. The number of hydrogen-bond acceptors (Lipinski definition) is 3. The number of benzene rings is 1. The number of pyridine rings is 1. The zero-order chi connectivity index (χ0) is 16.2. The molecule has 1 aromatic heterocycles. The molecule has 0 spiro atoms. The number of nitrogens with zero attached hydrogens (tertiary/aromatic N) is 2. The van der Waals surface area contributed by atoms with Gasteiger partial charge in [0.05, 0.1) is 5.92 Å². The van der Waals surface area contributed by atoms with E-state index in [1.807, 2.05) is 43.3 Å². The maximum Gasteiger partial charge on any atom is 0.227 e. The molecule has 1 saturated heterocycles. The van der Waals surface area contributed by atoms with Gasteiger partial charge in [0.2, 0.25) is 11.8 Å². The highest BCUT2D eigenvalue weighted by Crippen LogP contribution is 2.27. The predicted octanol–water partition coefficient (Wildman–Crippen LogP) is 2.06. The molecule has 1 atom stereocenters. The summed E-state index contributed by atoms with van der Waals surface area (Å²) >= 11 is 0. The largest absolute Gasteiger partial charge is 0.352 e. The molecule has 2 heterocycles. The van der Waals surface area contributed by atoms with Gasteiger partial charge in [-0.25, -0.2) is 0 Å². The van der Waals surface area contributed by atoms with Crippen molar-refractivity contribution in [2.45, 2.75) is 19.9 Å². The summed E-state index contributed by atoms with van der Waals surface area (Å²) in [4.78, 5) is 30.3. The maximum atomic E-state index is 12.3. The lowest BCUT2D eigenvalue weighted by Crippen LogP contribution is -2.32. The van der Waals surface area contributed by atoms with E-state index in [9.17, 15) is 9.59 Å². The van der Waals surface area contributed by atoms with Crippen LogP contribution in [0, 0.1) is 12.8 Å². The molecular formula is C18H19N3O2. The van der Waals surface area contributed by atoms with Crippen LogP contribution in [0.4, 0.5) is 5.69 Å². The number of aromatic nitrogens is 1. The van der Waals surface area contributed by atoms with Crippen molar-refractivity contribution in [1.82, 2.24) is 10.3 Å². The summed E-state index contributed by atoms with van der Waals surface area (Å²) in [5.41, 5.74) is 2.87. The van der Waals surface area contributed by atoms with Crippen LogP contribution in [0.15, 0.2) is 48.8 Å². The number of rotatable bonds is 4. The zero-order valence-electron chi connectivity index (χ0n) is 13.0. The van der Waals surface area contributed by atoms with Crippen molar-refractivity contribution in [1.29, 1.82) is 0 Å². The topological polar surface area (TPSA) is 62.3 Å². The molecule has 0 saturated carbocycles. The van der Waals surface area contributed by atoms with Gasteiger partial charge in [-0.05, 0) is 30.2 Å². The number of para-hydroxylation sites is 1. The summed E-state index contributed by atoms with van der Waals surface area (Å²) in [5.74, 6) is -0.391. The Balaban J connectivity index is 1.63. The molecule has 1 aliphatic rings. The van der Waals surface area contributed by atoms with Gasteiger partial charge in [0.15, 0.2) is 0 Å². The third kappa shape index (κ3) is 3.39. The molecule has 0 radical (unpaired) electrons.